The molecule has 0 spiro atoms. The molecular weight excluding hydrogens is 288 g/mol. The third-order valence-corrected chi connectivity index (χ3v) is 4.53. The molecule has 2 aromatic rings. The molecule has 100 valence electrons. The molecule has 0 saturated heterocycles. The number of carbonyl (C=O) groups is 1. The molecule has 9 heteroatoms. The standard InChI is InChI=1S/C10H10N4O3S2/c15-8(16)7-11-5(3-18-7)4-19-10-13-12-9(17)14(10)6-1-2-6/h3,6H,1-2,4H2,(H,12,17)(H,15,16). The number of nitrogens with one attached hydrogen (secondary N) is 1. The van der Waals surface area contributed by atoms with Gasteiger partial charge in [0.1, 0.15) is 0 Å². The zero-order chi connectivity index (χ0) is 13.4. The number of nitrogens with zero attached hydrogens (tertiary/aromatic N) is 3. The van der Waals surface area contributed by atoms with Crippen molar-refractivity contribution < 1.29 is 9.90 Å². The molecule has 2 N–H and O–H groups in total. The van der Waals surface area contributed by atoms with Gasteiger partial charge in [0.15, 0.2) is 5.16 Å². The van der Waals surface area contributed by atoms with Gasteiger partial charge in [0.05, 0.1) is 5.69 Å². The molecule has 0 aromatic carbocycles. The van der Waals surface area contributed by atoms with Crippen LogP contribution >= 0.6 is 23.1 Å². The number of thioether (sulfide) groups is 1. The maximum atomic E-state index is 11.6. The van der Waals surface area contributed by atoms with Crippen LogP contribution in [0.1, 0.15) is 34.4 Å². The quantitative estimate of drug-likeness (QED) is 0.808. The van der Waals surface area contributed by atoms with Crippen LogP contribution in [0, 0.1) is 0 Å². The number of carboxylic acids is 1. The van der Waals surface area contributed by atoms with Crippen LogP contribution < -0.4 is 5.69 Å². The van der Waals surface area contributed by atoms with Crippen LogP contribution in [-0.4, -0.2) is 30.8 Å². The summed E-state index contributed by atoms with van der Waals surface area (Å²) in [5.41, 5.74) is 0.500. The van der Waals surface area contributed by atoms with Crippen molar-refractivity contribution in [3.05, 3.63) is 26.6 Å². The average Bonchev–Trinajstić information content (AvgIpc) is 2.97. The average molecular weight is 298 g/mol. The van der Waals surface area contributed by atoms with Gasteiger partial charge in [0.25, 0.3) is 0 Å². The van der Waals surface area contributed by atoms with E-state index in [1.165, 1.54) is 11.8 Å². The summed E-state index contributed by atoms with van der Waals surface area (Å²) in [7, 11) is 0. The number of aromatic amines is 1. The molecule has 0 unspecified atom stereocenters. The molecule has 0 radical (unpaired) electrons. The summed E-state index contributed by atoms with van der Waals surface area (Å²) in [4.78, 5) is 26.3. The fraction of sp³-hybridized carbons (Fsp3) is 0.400. The number of hydrogen-bond donors (Lipinski definition) is 2. The van der Waals surface area contributed by atoms with Crippen molar-refractivity contribution in [2.24, 2.45) is 0 Å². The van der Waals surface area contributed by atoms with Gasteiger partial charge in [-0.3, -0.25) is 4.57 Å². The van der Waals surface area contributed by atoms with Gasteiger partial charge in [0, 0.05) is 17.2 Å². The van der Waals surface area contributed by atoms with Gasteiger partial charge in [-0.1, -0.05) is 11.8 Å². The summed E-state index contributed by atoms with van der Waals surface area (Å²) in [6, 6.07) is 0.263. The Kier molecular flexibility index (Phi) is 3.15. The molecular formula is C10H10N4O3S2. The van der Waals surface area contributed by atoms with Gasteiger partial charge in [-0.05, 0) is 12.8 Å². The van der Waals surface area contributed by atoms with Crippen molar-refractivity contribution in [3.63, 3.8) is 0 Å². The second-order valence-electron chi connectivity index (χ2n) is 4.15. The molecule has 0 aliphatic heterocycles. The lowest BCUT2D eigenvalue weighted by Gasteiger charge is -2.01. The number of aromatic carboxylic acids is 1. The van der Waals surface area contributed by atoms with Gasteiger partial charge < -0.3 is 5.11 Å². The highest BCUT2D eigenvalue weighted by atomic mass is 32.2. The lowest BCUT2D eigenvalue weighted by molar-refractivity contribution is 0.0696. The topological polar surface area (TPSA) is 101 Å². The van der Waals surface area contributed by atoms with Crippen LogP contribution in [0.5, 0.6) is 0 Å². The van der Waals surface area contributed by atoms with Crippen molar-refractivity contribution in [1.29, 1.82) is 0 Å². The van der Waals surface area contributed by atoms with E-state index in [2.05, 4.69) is 15.2 Å². The Morgan fingerprint density at radius 2 is 2.42 bits per heavy atom. The Labute approximate surface area is 115 Å². The van der Waals surface area contributed by atoms with Crippen LogP contribution in [0.25, 0.3) is 0 Å². The molecule has 0 bridgehead atoms. The van der Waals surface area contributed by atoms with Gasteiger partial charge in [-0.25, -0.2) is 19.7 Å². The van der Waals surface area contributed by atoms with E-state index in [-0.39, 0.29) is 16.7 Å². The van der Waals surface area contributed by atoms with Crippen molar-refractivity contribution in [1.82, 2.24) is 19.7 Å². The fourth-order valence-electron chi connectivity index (χ4n) is 1.66. The van der Waals surface area contributed by atoms with E-state index in [0.29, 0.717) is 16.6 Å². The molecule has 2 heterocycles. The van der Waals surface area contributed by atoms with E-state index in [9.17, 15) is 9.59 Å². The largest absolute Gasteiger partial charge is 0.476 e. The van der Waals surface area contributed by atoms with Crippen LogP contribution in [0.15, 0.2) is 15.3 Å². The van der Waals surface area contributed by atoms with Gasteiger partial charge in [0.2, 0.25) is 5.01 Å². The lowest BCUT2D eigenvalue weighted by Crippen LogP contribution is -2.16. The van der Waals surface area contributed by atoms with Crippen LogP contribution in [0.3, 0.4) is 0 Å². The van der Waals surface area contributed by atoms with E-state index in [0.717, 1.165) is 24.2 Å². The highest BCUT2D eigenvalue weighted by molar-refractivity contribution is 7.98. The molecule has 1 saturated carbocycles. The summed E-state index contributed by atoms with van der Waals surface area (Å²) in [5.74, 6) is -0.517. The Morgan fingerprint density at radius 1 is 1.63 bits per heavy atom. The third-order valence-electron chi connectivity index (χ3n) is 2.67. The third kappa shape index (κ3) is 2.56. The number of aromatic nitrogens is 4. The minimum atomic E-state index is -1.02. The zero-order valence-corrected chi connectivity index (χ0v) is 11.3. The van der Waals surface area contributed by atoms with E-state index < -0.39 is 5.97 Å². The Balaban J connectivity index is 1.72. The summed E-state index contributed by atoms with van der Waals surface area (Å²) in [5, 5.41) is 17.6. The molecule has 3 rings (SSSR count). The minimum absolute atomic E-state index is 0.0808. The van der Waals surface area contributed by atoms with Crippen molar-refractivity contribution in [3.8, 4) is 0 Å². The van der Waals surface area contributed by atoms with Crippen molar-refractivity contribution in [2.75, 3.05) is 0 Å². The first-order valence-corrected chi connectivity index (χ1v) is 7.49. The number of hydrogen-bond acceptors (Lipinski definition) is 6. The second kappa shape index (κ2) is 4.82. The minimum Gasteiger partial charge on any atom is -0.476 e. The molecule has 1 aliphatic rings. The van der Waals surface area contributed by atoms with Crippen LogP contribution in [-0.2, 0) is 5.75 Å². The van der Waals surface area contributed by atoms with Crippen molar-refractivity contribution >= 4 is 29.1 Å². The number of rotatable bonds is 5. The summed E-state index contributed by atoms with van der Waals surface area (Å²) in [6.07, 6.45) is 2.01. The smallest absolute Gasteiger partial charge is 0.365 e. The van der Waals surface area contributed by atoms with Gasteiger partial charge in [-0.2, -0.15) is 0 Å². The Bertz CT molecular complexity index is 670. The molecule has 2 aromatic heterocycles. The molecule has 7 nitrogen and oxygen atoms in total. The van der Waals surface area contributed by atoms with E-state index in [1.807, 2.05) is 0 Å². The van der Waals surface area contributed by atoms with Gasteiger partial charge >= 0.3 is 11.7 Å². The molecule has 1 aliphatic carbocycles. The predicted octanol–water partition coefficient (Wildman–Crippen LogP) is 1.35. The first-order valence-electron chi connectivity index (χ1n) is 5.62. The lowest BCUT2D eigenvalue weighted by atomic mass is 10.6. The first kappa shape index (κ1) is 12.4. The summed E-state index contributed by atoms with van der Waals surface area (Å²) >= 11 is 2.49. The number of H-pyrrole nitrogens is 1. The Morgan fingerprint density at radius 3 is 3.05 bits per heavy atom. The normalized spacial score (nSPS) is 14.7. The van der Waals surface area contributed by atoms with Gasteiger partial charge in [-0.15, -0.1) is 16.4 Å². The monoisotopic (exact) mass is 298 g/mol. The molecule has 19 heavy (non-hydrogen) atoms. The van der Waals surface area contributed by atoms with Crippen molar-refractivity contribution in [2.45, 2.75) is 29.8 Å². The SMILES string of the molecule is O=C(O)c1nc(CSc2n[nH]c(=O)n2C2CC2)cs1. The predicted molar refractivity (Wildman–Crippen MR) is 69.8 cm³/mol. The number of thiazole rings is 1. The second-order valence-corrected chi connectivity index (χ2v) is 5.95. The van der Waals surface area contributed by atoms with E-state index in [1.54, 1.807) is 9.95 Å². The molecule has 1 fully saturated rings. The highest BCUT2D eigenvalue weighted by Gasteiger charge is 2.28. The first-order chi connectivity index (χ1) is 9.15. The number of carboxylic acid groups (broad SMARTS) is 1. The molecule has 0 atom stereocenters. The Hall–Kier alpha value is -1.61. The summed E-state index contributed by atoms with van der Waals surface area (Å²) < 4.78 is 1.66. The van der Waals surface area contributed by atoms with E-state index in [4.69, 9.17) is 5.11 Å². The highest BCUT2D eigenvalue weighted by Crippen LogP contribution is 2.36. The molecule has 0 amide bonds. The maximum absolute atomic E-state index is 11.6. The van der Waals surface area contributed by atoms with E-state index >= 15 is 0 Å². The summed E-state index contributed by atoms with van der Waals surface area (Å²) in [6.45, 7) is 0. The van der Waals surface area contributed by atoms with Crippen LogP contribution in [0.4, 0.5) is 0 Å². The van der Waals surface area contributed by atoms with Crippen LogP contribution in [0.2, 0.25) is 0 Å². The maximum Gasteiger partial charge on any atom is 0.365 e. The fourth-order valence-corrected chi connectivity index (χ4v) is 3.32. The zero-order valence-electron chi connectivity index (χ0n) is 9.70.